The number of hydrogen-bond donors (Lipinski definition) is 1. The van der Waals surface area contributed by atoms with Crippen LogP contribution in [-0.4, -0.2) is 5.91 Å². The second-order valence-corrected chi connectivity index (χ2v) is 6.76. The van der Waals surface area contributed by atoms with Crippen LogP contribution in [-0.2, 0) is 4.79 Å². The molecule has 0 bridgehead atoms. The number of allylic oxidation sites excluding steroid dienone is 4. The Labute approximate surface area is 129 Å². The number of benzene rings is 1. The Morgan fingerprint density at radius 3 is 2.32 bits per heavy atom. The lowest BCUT2D eigenvalue weighted by molar-refractivity contribution is -0.123. The van der Waals surface area contributed by atoms with Crippen molar-refractivity contribution in [3.63, 3.8) is 0 Å². The van der Waals surface area contributed by atoms with E-state index in [-0.39, 0.29) is 11.6 Å². The summed E-state index contributed by atoms with van der Waals surface area (Å²) in [5.41, 5.74) is 2.59. The predicted octanol–water partition coefficient (Wildman–Crippen LogP) is 5.07. The molecule has 0 radical (unpaired) electrons. The average molecular weight is 305 g/mol. The van der Waals surface area contributed by atoms with Crippen LogP contribution in [0.1, 0.15) is 46.6 Å². The molecule has 2 rings (SSSR count). The van der Waals surface area contributed by atoms with Crippen molar-refractivity contribution in [2.24, 2.45) is 5.41 Å². The van der Waals surface area contributed by atoms with Gasteiger partial charge in [0.1, 0.15) is 11.6 Å². The maximum atomic E-state index is 14.3. The zero-order valence-corrected chi connectivity index (χ0v) is 13.6. The lowest BCUT2D eigenvalue weighted by atomic mass is 9.93. The van der Waals surface area contributed by atoms with E-state index in [1.807, 2.05) is 19.9 Å². The standard InChI is InChI=1S/C18H21F2NO/c1-10-6-7-11(2)15(10)13-8-12(19)9-14(20)16(13)21-17(22)18(3,4)5/h6,8-9H,7H2,1-5H3,(H,21,22). The van der Waals surface area contributed by atoms with Gasteiger partial charge in [-0.1, -0.05) is 32.4 Å². The molecule has 0 aromatic heterocycles. The number of carbonyl (C=O) groups excluding carboxylic acids is 1. The van der Waals surface area contributed by atoms with Crippen LogP contribution in [0.3, 0.4) is 0 Å². The van der Waals surface area contributed by atoms with Gasteiger partial charge in [0.25, 0.3) is 0 Å². The van der Waals surface area contributed by atoms with E-state index in [0.29, 0.717) is 5.56 Å². The molecule has 1 aliphatic carbocycles. The summed E-state index contributed by atoms with van der Waals surface area (Å²) in [4.78, 5) is 12.2. The first-order chi connectivity index (χ1) is 10.1. The summed E-state index contributed by atoms with van der Waals surface area (Å²) in [6, 6.07) is 2.08. The molecule has 118 valence electrons. The van der Waals surface area contributed by atoms with Gasteiger partial charge in [-0.05, 0) is 37.5 Å². The summed E-state index contributed by atoms with van der Waals surface area (Å²) >= 11 is 0. The van der Waals surface area contributed by atoms with E-state index in [0.717, 1.165) is 29.2 Å². The highest BCUT2D eigenvalue weighted by Gasteiger charge is 2.26. The SMILES string of the molecule is CC1=CCC(C)=C1c1cc(F)cc(F)c1NC(=O)C(C)(C)C. The van der Waals surface area contributed by atoms with Gasteiger partial charge in [-0.25, -0.2) is 8.78 Å². The van der Waals surface area contributed by atoms with Crippen LogP contribution in [0.5, 0.6) is 0 Å². The molecule has 0 spiro atoms. The van der Waals surface area contributed by atoms with Crippen molar-refractivity contribution in [3.8, 4) is 0 Å². The highest BCUT2D eigenvalue weighted by Crippen LogP contribution is 2.39. The molecule has 22 heavy (non-hydrogen) atoms. The summed E-state index contributed by atoms with van der Waals surface area (Å²) in [6.07, 6.45) is 2.77. The fourth-order valence-corrected chi connectivity index (χ4v) is 2.49. The van der Waals surface area contributed by atoms with E-state index in [1.54, 1.807) is 20.8 Å². The fraction of sp³-hybridized carbons (Fsp3) is 0.389. The van der Waals surface area contributed by atoms with Crippen LogP contribution in [0.4, 0.5) is 14.5 Å². The molecule has 0 atom stereocenters. The first kappa shape index (κ1) is 16.4. The van der Waals surface area contributed by atoms with Gasteiger partial charge in [-0.2, -0.15) is 0 Å². The minimum absolute atomic E-state index is 0.0466. The third-order valence-electron chi connectivity index (χ3n) is 3.78. The Bertz CT molecular complexity index is 694. The van der Waals surface area contributed by atoms with Crippen LogP contribution < -0.4 is 5.32 Å². The summed E-state index contributed by atoms with van der Waals surface area (Å²) in [5, 5.41) is 2.62. The van der Waals surface area contributed by atoms with Crippen LogP contribution in [0, 0.1) is 17.0 Å². The van der Waals surface area contributed by atoms with Crippen LogP contribution in [0.15, 0.2) is 29.4 Å². The smallest absolute Gasteiger partial charge is 0.229 e. The van der Waals surface area contributed by atoms with Gasteiger partial charge < -0.3 is 5.32 Å². The number of nitrogens with one attached hydrogen (secondary N) is 1. The highest BCUT2D eigenvalue weighted by molar-refractivity contribution is 5.99. The summed E-state index contributed by atoms with van der Waals surface area (Å²) in [5.74, 6) is -1.72. The Balaban J connectivity index is 2.57. The Morgan fingerprint density at radius 1 is 1.18 bits per heavy atom. The van der Waals surface area contributed by atoms with E-state index >= 15 is 0 Å². The van der Waals surface area contributed by atoms with Gasteiger partial charge in [0.2, 0.25) is 5.91 Å². The van der Waals surface area contributed by atoms with Gasteiger partial charge in [-0.3, -0.25) is 4.79 Å². The molecule has 4 heteroatoms. The second-order valence-electron chi connectivity index (χ2n) is 6.76. The minimum Gasteiger partial charge on any atom is -0.323 e. The van der Waals surface area contributed by atoms with Crippen LogP contribution in [0.2, 0.25) is 0 Å². The number of halogens is 2. The zero-order valence-electron chi connectivity index (χ0n) is 13.6. The summed E-state index contributed by atoms with van der Waals surface area (Å²) < 4.78 is 28.0. The first-order valence-corrected chi connectivity index (χ1v) is 7.29. The Morgan fingerprint density at radius 2 is 1.82 bits per heavy atom. The first-order valence-electron chi connectivity index (χ1n) is 7.29. The van der Waals surface area contributed by atoms with E-state index in [9.17, 15) is 13.6 Å². The predicted molar refractivity (Wildman–Crippen MR) is 85.4 cm³/mol. The van der Waals surface area contributed by atoms with Crippen molar-refractivity contribution in [3.05, 3.63) is 46.6 Å². The van der Waals surface area contributed by atoms with Gasteiger partial charge >= 0.3 is 0 Å². The fourth-order valence-electron chi connectivity index (χ4n) is 2.49. The van der Waals surface area contributed by atoms with Gasteiger partial charge in [-0.15, -0.1) is 0 Å². The molecule has 1 aromatic rings. The van der Waals surface area contributed by atoms with Crippen molar-refractivity contribution in [1.82, 2.24) is 0 Å². The molecular weight excluding hydrogens is 284 g/mol. The summed E-state index contributed by atoms with van der Waals surface area (Å²) in [7, 11) is 0. The van der Waals surface area contributed by atoms with Crippen LogP contribution in [0.25, 0.3) is 5.57 Å². The minimum atomic E-state index is -0.757. The molecule has 0 heterocycles. The third kappa shape index (κ3) is 3.11. The van der Waals surface area contributed by atoms with Crippen molar-refractivity contribution in [2.45, 2.75) is 41.0 Å². The molecule has 1 amide bonds. The van der Waals surface area contributed by atoms with Crippen molar-refractivity contribution in [1.29, 1.82) is 0 Å². The van der Waals surface area contributed by atoms with E-state index in [2.05, 4.69) is 5.32 Å². The maximum absolute atomic E-state index is 14.3. The Kier molecular flexibility index (Phi) is 4.23. The van der Waals surface area contributed by atoms with Gasteiger partial charge in [0.15, 0.2) is 0 Å². The number of amides is 1. The van der Waals surface area contributed by atoms with Crippen molar-refractivity contribution in [2.75, 3.05) is 5.32 Å². The lowest BCUT2D eigenvalue weighted by Gasteiger charge is -2.21. The monoisotopic (exact) mass is 305 g/mol. The Hall–Kier alpha value is -1.97. The topological polar surface area (TPSA) is 29.1 Å². The quantitative estimate of drug-likeness (QED) is 0.811. The zero-order chi connectivity index (χ0) is 16.7. The number of anilines is 1. The molecule has 0 saturated heterocycles. The van der Waals surface area contributed by atoms with E-state index in [1.165, 1.54) is 6.07 Å². The van der Waals surface area contributed by atoms with Crippen LogP contribution >= 0.6 is 0 Å². The molecule has 1 aliphatic rings. The molecule has 1 N–H and O–H groups in total. The number of hydrogen-bond acceptors (Lipinski definition) is 1. The van der Waals surface area contributed by atoms with Crippen molar-refractivity contribution >= 4 is 17.2 Å². The molecule has 2 nitrogen and oxygen atoms in total. The summed E-state index contributed by atoms with van der Waals surface area (Å²) in [6.45, 7) is 9.07. The third-order valence-corrected chi connectivity index (χ3v) is 3.78. The molecule has 0 fully saturated rings. The van der Waals surface area contributed by atoms with Crippen molar-refractivity contribution < 1.29 is 13.6 Å². The second kappa shape index (κ2) is 5.67. The normalized spacial score (nSPS) is 15.1. The number of carbonyl (C=O) groups is 1. The highest BCUT2D eigenvalue weighted by atomic mass is 19.1. The maximum Gasteiger partial charge on any atom is 0.229 e. The molecule has 0 unspecified atom stereocenters. The molecule has 0 aliphatic heterocycles. The molecule has 1 aromatic carbocycles. The molecular formula is C18H21F2NO. The van der Waals surface area contributed by atoms with E-state index < -0.39 is 17.0 Å². The molecule has 0 saturated carbocycles. The van der Waals surface area contributed by atoms with Gasteiger partial charge in [0, 0.05) is 17.0 Å². The van der Waals surface area contributed by atoms with Gasteiger partial charge in [0.05, 0.1) is 5.69 Å². The lowest BCUT2D eigenvalue weighted by Crippen LogP contribution is -2.28. The number of rotatable bonds is 2. The average Bonchev–Trinajstić information content (AvgIpc) is 2.70. The van der Waals surface area contributed by atoms with E-state index in [4.69, 9.17) is 0 Å². The largest absolute Gasteiger partial charge is 0.323 e.